The average Bonchev–Trinajstić information content (AvgIpc) is 3.46. The quantitative estimate of drug-likeness (QED) is 0.288. The zero-order valence-corrected chi connectivity index (χ0v) is 19.9. The fourth-order valence-electron chi connectivity index (χ4n) is 4.39. The Labute approximate surface area is 197 Å². The van der Waals surface area contributed by atoms with E-state index in [1.807, 2.05) is 26.0 Å². The maximum absolute atomic E-state index is 12.3. The average molecular weight is 461 g/mol. The van der Waals surface area contributed by atoms with Gasteiger partial charge in [0.15, 0.2) is 5.16 Å². The van der Waals surface area contributed by atoms with Crippen molar-refractivity contribution in [3.8, 4) is 0 Å². The molecule has 7 heteroatoms. The minimum atomic E-state index is -0.313. The number of thioether (sulfide) groups is 1. The molecule has 3 heterocycles. The number of aromatic nitrogens is 3. The van der Waals surface area contributed by atoms with Crippen LogP contribution in [0.5, 0.6) is 0 Å². The summed E-state index contributed by atoms with van der Waals surface area (Å²) in [7, 11) is 0. The molecule has 1 saturated heterocycles. The second-order valence-electron chi connectivity index (χ2n) is 8.72. The summed E-state index contributed by atoms with van der Waals surface area (Å²) >= 11 is 1.62. The summed E-state index contributed by atoms with van der Waals surface area (Å²) in [5, 5.41) is 11.0. The van der Waals surface area contributed by atoms with E-state index >= 15 is 0 Å². The van der Waals surface area contributed by atoms with Crippen molar-refractivity contribution in [1.29, 1.82) is 0 Å². The van der Waals surface area contributed by atoms with E-state index in [0.29, 0.717) is 11.3 Å². The summed E-state index contributed by atoms with van der Waals surface area (Å²) in [6.07, 6.45) is 2.49. The third-order valence-electron chi connectivity index (χ3n) is 6.41. The van der Waals surface area contributed by atoms with E-state index in [-0.39, 0.29) is 5.63 Å². The number of benzene rings is 2. The van der Waals surface area contributed by atoms with E-state index in [1.165, 1.54) is 18.4 Å². The topological polar surface area (TPSA) is 64.2 Å². The van der Waals surface area contributed by atoms with Gasteiger partial charge >= 0.3 is 5.63 Å². The molecule has 4 aromatic rings. The number of aryl methyl sites for hydroxylation is 2. The van der Waals surface area contributed by atoms with E-state index in [4.69, 9.17) is 4.42 Å². The molecular formula is C26H28N4O2S. The highest BCUT2D eigenvalue weighted by Crippen LogP contribution is 2.29. The number of fused-ring (bicyclic) bond motifs is 1. The van der Waals surface area contributed by atoms with Gasteiger partial charge in [-0.25, -0.2) is 4.79 Å². The highest BCUT2D eigenvalue weighted by atomic mass is 32.2. The summed E-state index contributed by atoms with van der Waals surface area (Å²) in [5.41, 5.74) is 4.68. The molecule has 170 valence electrons. The SMILES string of the molecule is Cc1ccc2c(CSc3nnc(CN4CCCC4)n3Cc3ccccc3)cc(=O)oc2c1C. The summed E-state index contributed by atoms with van der Waals surface area (Å²) < 4.78 is 7.77. The van der Waals surface area contributed by atoms with Crippen LogP contribution in [0.15, 0.2) is 62.9 Å². The van der Waals surface area contributed by atoms with E-state index in [2.05, 4.69) is 50.0 Å². The van der Waals surface area contributed by atoms with Crippen molar-refractivity contribution in [2.75, 3.05) is 13.1 Å². The van der Waals surface area contributed by atoms with Crippen LogP contribution in [0.2, 0.25) is 0 Å². The van der Waals surface area contributed by atoms with Crippen LogP contribution in [-0.4, -0.2) is 32.8 Å². The number of nitrogens with zero attached hydrogens (tertiary/aromatic N) is 4. The van der Waals surface area contributed by atoms with Crippen LogP contribution >= 0.6 is 11.8 Å². The maximum Gasteiger partial charge on any atom is 0.336 e. The van der Waals surface area contributed by atoms with Gasteiger partial charge in [-0.3, -0.25) is 4.90 Å². The molecule has 1 fully saturated rings. The van der Waals surface area contributed by atoms with Crippen LogP contribution in [0.25, 0.3) is 11.0 Å². The molecule has 0 aliphatic carbocycles. The van der Waals surface area contributed by atoms with Crippen molar-refractivity contribution in [3.63, 3.8) is 0 Å². The Morgan fingerprint density at radius 2 is 1.79 bits per heavy atom. The molecule has 0 unspecified atom stereocenters. The third-order valence-corrected chi connectivity index (χ3v) is 7.43. The Hall–Kier alpha value is -2.90. The van der Waals surface area contributed by atoms with Crippen molar-refractivity contribution in [2.24, 2.45) is 0 Å². The number of hydrogen-bond donors (Lipinski definition) is 0. The molecule has 0 N–H and O–H groups in total. The molecule has 5 rings (SSSR count). The molecule has 1 aliphatic rings. The lowest BCUT2D eigenvalue weighted by Gasteiger charge is -2.16. The second-order valence-corrected chi connectivity index (χ2v) is 9.66. The van der Waals surface area contributed by atoms with Crippen LogP contribution in [0.3, 0.4) is 0 Å². The highest BCUT2D eigenvalue weighted by Gasteiger charge is 2.19. The van der Waals surface area contributed by atoms with Crippen LogP contribution in [0.1, 0.15) is 40.9 Å². The zero-order valence-electron chi connectivity index (χ0n) is 19.1. The number of hydrogen-bond acceptors (Lipinski definition) is 6. The maximum atomic E-state index is 12.3. The summed E-state index contributed by atoms with van der Waals surface area (Å²) in [4.78, 5) is 14.7. The number of rotatable bonds is 7. The Morgan fingerprint density at radius 1 is 1.00 bits per heavy atom. The van der Waals surface area contributed by atoms with Crippen molar-refractivity contribution >= 4 is 22.7 Å². The van der Waals surface area contributed by atoms with Crippen LogP contribution in [-0.2, 0) is 18.8 Å². The largest absolute Gasteiger partial charge is 0.422 e. The molecular weight excluding hydrogens is 432 g/mol. The molecule has 0 atom stereocenters. The molecule has 33 heavy (non-hydrogen) atoms. The number of likely N-dealkylation sites (tertiary alicyclic amines) is 1. The summed E-state index contributed by atoms with van der Waals surface area (Å²) in [5.74, 6) is 1.62. The first-order valence-electron chi connectivity index (χ1n) is 11.4. The van der Waals surface area contributed by atoms with Crippen LogP contribution in [0, 0.1) is 13.8 Å². The lowest BCUT2D eigenvalue weighted by Crippen LogP contribution is -2.21. The Morgan fingerprint density at radius 3 is 2.58 bits per heavy atom. The first kappa shape index (κ1) is 21.9. The first-order chi connectivity index (χ1) is 16.1. The minimum absolute atomic E-state index is 0.313. The predicted octanol–water partition coefficient (Wildman–Crippen LogP) is 4.94. The molecule has 0 spiro atoms. The fourth-order valence-corrected chi connectivity index (χ4v) is 5.34. The molecule has 2 aromatic heterocycles. The summed E-state index contributed by atoms with van der Waals surface area (Å²) in [6, 6.07) is 16.2. The van der Waals surface area contributed by atoms with Gasteiger partial charge in [0.1, 0.15) is 11.4 Å². The van der Waals surface area contributed by atoms with E-state index in [0.717, 1.165) is 59.2 Å². The molecule has 0 saturated carbocycles. The minimum Gasteiger partial charge on any atom is -0.422 e. The van der Waals surface area contributed by atoms with Crippen molar-refractivity contribution < 1.29 is 4.42 Å². The van der Waals surface area contributed by atoms with Gasteiger partial charge in [0, 0.05) is 17.2 Å². The Bertz CT molecular complexity index is 1320. The molecule has 1 aliphatic heterocycles. The van der Waals surface area contributed by atoms with E-state index in [1.54, 1.807) is 17.8 Å². The highest BCUT2D eigenvalue weighted by molar-refractivity contribution is 7.98. The molecule has 0 bridgehead atoms. The fraction of sp³-hybridized carbons (Fsp3) is 0.346. The van der Waals surface area contributed by atoms with Gasteiger partial charge in [0.25, 0.3) is 0 Å². The lowest BCUT2D eigenvalue weighted by atomic mass is 10.0. The first-order valence-corrected chi connectivity index (χ1v) is 12.4. The molecule has 6 nitrogen and oxygen atoms in total. The van der Waals surface area contributed by atoms with Crippen molar-refractivity contribution in [3.05, 3.63) is 87.0 Å². The lowest BCUT2D eigenvalue weighted by molar-refractivity contribution is 0.316. The van der Waals surface area contributed by atoms with Gasteiger partial charge in [-0.15, -0.1) is 10.2 Å². The van der Waals surface area contributed by atoms with Crippen LogP contribution < -0.4 is 5.63 Å². The van der Waals surface area contributed by atoms with Crippen molar-refractivity contribution in [2.45, 2.75) is 50.7 Å². The Kier molecular flexibility index (Phi) is 6.33. The van der Waals surface area contributed by atoms with E-state index in [9.17, 15) is 4.79 Å². The third kappa shape index (κ3) is 4.75. The summed E-state index contributed by atoms with van der Waals surface area (Å²) in [6.45, 7) is 7.81. The second kappa shape index (κ2) is 9.53. The van der Waals surface area contributed by atoms with Gasteiger partial charge in [0.05, 0.1) is 13.1 Å². The van der Waals surface area contributed by atoms with Crippen LogP contribution in [0.4, 0.5) is 0 Å². The standard InChI is InChI=1S/C26H28N4O2S/c1-18-10-11-22-21(14-24(31)32-25(22)19(18)2)17-33-26-28-27-23(16-29-12-6-7-13-29)30(26)15-20-8-4-3-5-9-20/h3-5,8-11,14H,6-7,12-13,15-17H2,1-2H3. The molecule has 0 radical (unpaired) electrons. The smallest absolute Gasteiger partial charge is 0.336 e. The molecule has 2 aromatic carbocycles. The molecule has 0 amide bonds. The monoisotopic (exact) mass is 460 g/mol. The van der Waals surface area contributed by atoms with Gasteiger partial charge in [0.2, 0.25) is 0 Å². The Balaban J connectivity index is 1.45. The van der Waals surface area contributed by atoms with Gasteiger partial charge in [-0.1, -0.05) is 54.2 Å². The van der Waals surface area contributed by atoms with Crippen molar-refractivity contribution in [1.82, 2.24) is 19.7 Å². The van der Waals surface area contributed by atoms with Gasteiger partial charge < -0.3 is 8.98 Å². The zero-order chi connectivity index (χ0) is 22.8. The predicted molar refractivity (Wildman–Crippen MR) is 132 cm³/mol. The normalized spacial score (nSPS) is 14.4. The van der Waals surface area contributed by atoms with Gasteiger partial charge in [-0.2, -0.15) is 0 Å². The van der Waals surface area contributed by atoms with Gasteiger partial charge in [-0.05, 0) is 62.0 Å². The van der Waals surface area contributed by atoms with E-state index < -0.39 is 0 Å².